The highest BCUT2D eigenvalue weighted by atomic mass is 35.5. The van der Waals surface area contributed by atoms with E-state index in [0.29, 0.717) is 10.8 Å². The van der Waals surface area contributed by atoms with E-state index in [9.17, 15) is 9.59 Å². The van der Waals surface area contributed by atoms with Crippen molar-refractivity contribution in [1.29, 1.82) is 0 Å². The summed E-state index contributed by atoms with van der Waals surface area (Å²) in [4.78, 5) is 25.6. The lowest BCUT2D eigenvalue weighted by atomic mass is 10.3. The number of esters is 1. The van der Waals surface area contributed by atoms with Crippen molar-refractivity contribution in [2.75, 3.05) is 12.9 Å². The van der Waals surface area contributed by atoms with Crippen LogP contribution in [0.2, 0.25) is 5.15 Å². The van der Waals surface area contributed by atoms with Crippen LogP contribution >= 0.6 is 23.4 Å². The Labute approximate surface area is 107 Å². The van der Waals surface area contributed by atoms with Gasteiger partial charge in [-0.05, 0) is 12.1 Å². The van der Waals surface area contributed by atoms with Crippen LogP contribution < -0.4 is 0 Å². The van der Waals surface area contributed by atoms with E-state index in [4.69, 9.17) is 16.7 Å². The Morgan fingerprint density at radius 2 is 2.24 bits per heavy atom. The molecule has 1 aromatic heterocycles. The van der Waals surface area contributed by atoms with Crippen molar-refractivity contribution in [1.82, 2.24) is 4.98 Å². The summed E-state index contributed by atoms with van der Waals surface area (Å²) in [5, 5.41) is 9.40. The number of methoxy groups -OCH3 is 1. The van der Waals surface area contributed by atoms with Gasteiger partial charge in [-0.25, -0.2) is 9.78 Å². The zero-order valence-corrected chi connectivity index (χ0v) is 10.5. The van der Waals surface area contributed by atoms with Crippen molar-refractivity contribution in [3.63, 3.8) is 0 Å². The van der Waals surface area contributed by atoms with E-state index >= 15 is 0 Å². The molecule has 5 nitrogen and oxygen atoms in total. The van der Waals surface area contributed by atoms with Crippen molar-refractivity contribution < 1.29 is 19.4 Å². The Morgan fingerprint density at radius 3 is 2.82 bits per heavy atom. The summed E-state index contributed by atoms with van der Waals surface area (Å²) in [6, 6.07) is 2.68. The molecule has 92 valence electrons. The van der Waals surface area contributed by atoms with Crippen LogP contribution in [0.5, 0.6) is 0 Å². The number of thioether (sulfide) groups is 1. The SMILES string of the molecule is COC(=O)CCSc1cc(C(=O)O)cc(Cl)n1. The number of aromatic nitrogens is 1. The second kappa shape index (κ2) is 6.46. The minimum atomic E-state index is -1.07. The van der Waals surface area contributed by atoms with E-state index < -0.39 is 5.97 Å². The van der Waals surface area contributed by atoms with Crippen molar-refractivity contribution in [3.8, 4) is 0 Å². The molecule has 7 heteroatoms. The van der Waals surface area contributed by atoms with Gasteiger partial charge >= 0.3 is 11.9 Å². The number of pyridine rings is 1. The number of aromatic carboxylic acids is 1. The molecule has 0 radical (unpaired) electrons. The first-order chi connectivity index (χ1) is 8.02. The second-order valence-corrected chi connectivity index (χ2v) is 4.50. The molecule has 0 bridgehead atoms. The fourth-order valence-electron chi connectivity index (χ4n) is 1.01. The molecule has 0 saturated carbocycles. The average molecular weight is 276 g/mol. The molecule has 17 heavy (non-hydrogen) atoms. The van der Waals surface area contributed by atoms with Gasteiger partial charge in [0.25, 0.3) is 0 Å². The summed E-state index contributed by atoms with van der Waals surface area (Å²) in [6.07, 6.45) is 0.234. The molecular weight excluding hydrogens is 266 g/mol. The van der Waals surface area contributed by atoms with Crippen LogP contribution in [0.3, 0.4) is 0 Å². The molecule has 0 amide bonds. The Bertz CT molecular complexity index is 438. The van der Waals surface area contributed by atoms with Crippen LogP contribution in [-0.2, 0) is 9.53 Å². The minimum Gasteiger partial charge on any atom is -0.478 e. The van der Waals surface area contributed by atoms with Gasteiger partial charge in [0.1, 0.15) is 5.15 Å². The van der Waals surface area contributed by atoms with E-state index in [1.807, 2.05) is 0 Å². The molecule has 1 heterocycles. The molecule has 0 aromatic carbocycles. The molecule has 0 spiro atoms. The Kier molecular flexibility index (Phi) is 5.24. The van der Waals surface area contributed by atoms with Crippen LogP contribution in [-0.4, -0.2) is 34.9 Å². The number of ether oxygens (including phenoxy) is 1. The van der Waals surface area contributed by atoms with E-state index in [-0.39, 0.29) is 23.1 Å². The van der Waals surface area contributed by atoms with Gasteiger partial charge in [0, 0.05) is 5.75 Å². The molecule has 0 unspecified atom stereocenters. The third kappa shape index (κ3) is 4.62. The summed E-state index contributed by atoms with van der Waals surface area (Å²) in [6.45, 7) is 0. The summed E-state index contributed by atoms with van der Waals surface area (Å²) >= 11 is 6.93. The molecular formula is C10H10ClNO4S. The third-order valence-corrected chi connectivity index (χ3v) is 2.91. The lowest BCUT2D eigenvalue weighted by Gasteiger charge is -2.02. The van der Waals surface area contributed by atoms with Gasteiger partial charge < -0.3 is 9.84 Å². The molecule has 0 aliphatic rings. The summed E-state index contributed by atoms with van der Waals surface area (Å²) in [5.41, 5.74) is 0.0746. The maximum atomic E-state index is 10.9. The molecule has 0 aliphatic heterocycles. The van der Waals surface area contributed by atoms with Crippen LogP contribution in [0.15, 0.2) is 17.2 Å². The Balaban J connectivity index is 2.65. The van der Waals surface area contributed by atoms with E-state index in [1.54, 1.807) is 0 Å². The van der Waals surface area contributed by atoms with Gasteiger partial charge in [0.05, 0.1) is 24.1 Å². The van der Waals surface area contributed by atoms with Gasteiger partial charge in [0.2, 0.25) is 0 Å². The van der Waals surface area contributed by atoms with Crippen molar-refractivity contribution >= 4 is 35.3 Å². The summed E-state index contributed by atoms with van der Waals surface area (Å²) in [7, 11) is 1.31. The first-order valence-electron chi connectivity index (χ1n) is 4.63. The first kappa shape index (κ1) is 13.8. The third-order valence-electron chi connectivity index (χ3n) is 1.80. The molecule has 1 rings (SSSR count). The number of hydrogen-bond acceptors (Lipinski definition) is 5. The molecule has 0 aliphatic carbocycles. The highest BCUT2D eigenvalue weighted by Crippen LogP contribution is 2.21. The number of rotatable bonds is 5. The van der Waals surface area contributed by atoms with Crippen LogP contribution in [0.25, 0.3) is 0 Å². The Hall–Kier alpha value is -1.27. The van der Waals surface area contributed by atoms with Gasteiger partial charge in [-0.3, -0.25) is 4.79 Å². The topological polar surface area (TPSA) is 76.5 Å². The van der Waals surface area contributed by atoms with E-state index in [1.165, 1.54) is 31.0 Å². The van der Waals surface area contributed by atoms with Crippen molar-refractivity contribution in [2.45, 2.75) is 11.4 Å². The average Bonchev–Trinajstić information content (AvgIpc) is 2.28. The quantitative estimate of drug-likeness (QED) is 0.504. The lowest BCUT2D eigenvalue weighted by Crippen LogP contribution is -2.02. The molecule has 1 aromatic rings. The number of halogens is 1. The lowest BCUT2D eigenvalue weighted by molar-refractivity contribution is -0.140. The fraction of sp³-hybridized carbons (Fsp3) is 0.300. The number of hydrogen-bond donors (Lipinski definition) is 1. The Morgan fingerprint density at radius 1 is 1.53 bits per heavy atom. The highest BCUT2D eigenvalue weighted by molar-refractivity contribution is 7.99. The number of carboxylic acid groups (broad SMARTS) is 1. The maximum absolute atomic E-state index is 10.9. The zero-order valence-electron chi connectivity index (χ0n) is 8.97. The maximum Gasteiger partial charge on any atom is 0.335 e. The molecule has 1 N–H and O–H groups in total. The minimum absolute atomic E-state index is 0.0746. The number of carbonyl (C=O) groups excluding carboxylic acids is 1. The second-order valence-electron chi connectivity index (χ2n) is 3.00. The largest absolute Gasteiger partial charge is 0.478 e. The van der Waals surface area contributed by atoms with Crippen molar-refractivity contribution in [3.05, 3.63) is 22.8 Å². The predicted octanol–water partition coefficient (Wildman–Crippen LogP) is 2.09. The van der Waals surface area contributed by atoms with E-state index in [2.05, 4.69) is 9.72 Å². The van der Waals surface area contributed by atoms with Crippen LogP contribution in [0, 0.1) is 0 Å². The van der Waals surface area contributed by atoms with E-state index in [0.717, 1.165) is 0 Å². The number of nitrogens with zero attached hydrogens (tertiary/aromatic N) is 1. The summed E-state index contributed by atoms with van der Waals surface area (Å²) in [5.74, 6) is -0.930. The predicted molar refractivity (Wildman–Crippen MR) is 63.6 cm³/mol. The van der Waals surface area contributed by atoms with Gasteiger partial charge in [-0.2, -0.15) is 0 Å². The fourth-order valence-corrected chi connectivity index (χ4v) is 2.12. The smallest absolute Gasteiger partial charge is 0.335 e. The number of carbonyl (C=O) groups is 2. The normalized spacial score (nSPS) is 10.0. The van der Waals surface area contributed by atoms with Crippen LogP contribution in [0.4, 0.5) is 0 Å². The zero-order chi connectivity index (χ0) is 12.8. The van der Waals surface area contributed by atoms with Gasteiger partial charge in [-0.15, -0.1) is 11.8 Å². The highest BCUT2D eigenvalue weighted by Gasteiger charge is 2.08. The summed E-state index contributed by atoms with van der Waals surface area (Å²) < 4.78 is 4.48. The monoisotopic (exact) mass is 275 g/mol. The van der Waals surface area contributed by atoms with Crippen LogP contribution in [0.1, 0.15) is 16.8 Å². The van der Waals surface area contributed by atoms with Crippen molar-refractivity contribution in [2.24, 2.45) is 0 Å². The standard InChI is InChI=1S/C10H10ClNO4S/c1-16-9(13)2-3-17-8-5-6(10(14)15)4-7(11)12-8/h4-5H,2-3H2,1H3,(H,14,15). The molecule has 0 saturated heterocycles. The molecule has 0 fully saturated rings. The first-order valence-corrected chi connectivity index (χ1v) is 6.00. The molecule has 0 atom stereocenters. The van der Waals surface area contributed by atoms with Gasteiger partial charge in [0.15, 0.2) is 0 Å². The number of carboxylic acids is 1. The van der Waals surface area contributed by atoms with Gasteiger partial charge in [-0.1, -0.05) is 11.6 Å².